The molecule has 4 nitrogen and oxygen atoms in total. The molecule has 1 atom stereocenters. The van der Waals surface area contributed by atoms with Gasteiger partial charge in [0.15, 0.2) is 0 Å². The summed E-state index contributed by atoms with van der Waals surface area (Å²) in [5.74, 6) is 5.83. The third-order valence-electron chi connectivity index (χ3n) is 3.54. The lowest BCUT2D eigenvalue weighted by Crippen LogP contribution is -2.36. The Morgan fingerprint density at radius 1 is 1.48 bits per heavy atom. The topological polar surface area (TPSA) is 52.6 Å². The van der Waals surface area contributed by atoms with Crippen molar-refractivity contribution in [2.75, 3.05) is 26.7 Å². The van der Waals surface area contributed by atoms with Gasteiger partial charge in [-0.1, -0.05) is 11.8 Å². The molecule has 112 valence electrons. The zero-order valence-electron chi connectivity index (χ0n) is 12.6. The Morgan fingerprint density at radius 3 is 2.95 bits per heavy atom. The average molecular weight is 286 g/mol. The van der Waals surface area contributed by atoms with Crippen LogP contribution in [-0.2, 0) is 0 Å². The first kappa shape index (κ1) is 15.6. The van der Waals surface area contributed by atoms with Gasteiger partial charge < -0.3 is 15.3 Å². The Balaban J connectivity index is 2.08. The van der Waals surface area contributed by atoms with E-state index in [2.05, 4.69) is 29.1 Å². The van der Waals surface area contributed by atoms with Gasteiger partial charge >= 0.3 is 0 Å². The van der Waals surface area contributed by atoms with Crippen molar-refractivity contribution >= 4 is 5.91 Å². The maximum atomic E-state index is 12.3. The summed E-state index contributed by atoms with van der Waals surface area (Å²) in [7, 11) is 2.06. The van der Waals surface area contributed by atoms with Crippen molar-refractivity contribution in [1.82, 2.24) is 10.2 Å². The molecule has 2 N–H and O–H groups in total. The lowest BCUT2D eigenvalue weighted by atomic mass is 10.1. The lowest BCUT2D eigenvalue weighted by molar-refractivity contribution is 0.0938. The molecule has 0 aromatic heterocycles. The number of likely N-dealkylation sites (N-methyl/N-ethyl adjacent to an activating group) is 1. The third-order valence-corrected chi connectivity index (χ3v) is 3.54. The zero-order chi connectivity index (χ0) is 15.2. The summed E-state index contributed by atoms with van der Waals surface area (Å²) in [5.41, 5.74) is 2.48. The minimum absolute atomic E-state index is 0.0378. The average Bonchev–Trinajstić information content (AvgIpc) is 2.84. The van der Waals surface area contributed by atoms with Crippen LogP contribution in [0.15, 0.2) is 18.2 Å². The van der Waals surface area contributed by atoms with Crippen molar-refractivity contribution in [2.24, 2.45) is 0 Å². The number of rotatable bonds is 3. The van der Waals surface area contributed by atoms with Crippen molar-refractivity contribution < 1.29 is 9.90 Å². The van der Waals surface area contributed by atoms with E-state index in [1.807, 2.05) is 25.1 Å². The fraction of sp³-hybridized carbons (Fsp3) is 0.471. The highest BCUT2D eigenvalue weighted by atomic mass is 16.2. The summed E-state index contributed by atoms with van der Waals surface area (Å²) < 4.78 is 0. The fourth-order valence-electron chi connectivity index (χ4n) is 2.53. The molecule has 4 heteroatoms. The highest BCUT2D eigenvalue weighted by Gasteiger charge is 2.21. The van der Waals surface area contributed by atoms with Gasteiger partial charge in [0.25, 0.3) is 5.91 Å². The number of hydrogen-bond donors (Lipinski definition) is 2. The van der Waals surface area contributed by atoms with Crippen molar-refractivity contribution in [3.05, 3.63) is 34.9 Å². The zero-order valence-corrected chi connectivity index (χ0v) is 12.6. The van der Waals surface area contributed by atoms with Gasteiger partial charge in [-0.05, 0) is 50.7 Å². The van der Waals surface area contributed by atoms with Crippen LogP contribution in [-0.4, -0.2) is 48.7 Å². The Kier molecular flexibility index (Phi) is 5.38. The predicted molar refractivity (Wildman–Crippen MR) is 83.1 cm³/mol. The number of benzene rings is 1. The Morgan fingerprint density at radius 2 is 2.29 bits per heavy atom. The maximum absolute atomic E-state index is 12.3. The lowest BCUT2D eigenvalue weighted by Gasteiger charge is -2.13. The third kappa shape index (κ3) is 4.59. The Hall–Kier alpha value is -1.83. The molecular weight excluding hydrogens is 264 g/mol. The molecule has 21 heavy (non-hydrogen) atoms. The van der Waals surface area contributed by atoms with Crippen LogP contribution in [0.1, 0.15) is 34.3 Å². The number of amides is 1. The van der Waals surface area contributed by atoms with E-state index in [9.17, 15) is 4.79 Å². The van der Waals surface area contributed by atoms with Gasteiger partial charge in [0, 0.05) is 30.1 Å². The minimum atomic E-state index is -0.0378. The number of likely N-dealkylation sites (tertiary alicyclic amines) is 1. The van der Waals surface area contributed by atoms with Gasteiger partial charge in [0.05, 0.1) is 6.61 Å². The van der Waals surface area contributed by atoms with Crippen LogP contribution < -0.4 is 5.32 Å². The van der Waals surface area contributed by atoms with Crippen molar-refractivity contribution in [1.29, 1.82) is 0 Å². The van der Waals surface area contributed by atoms with Crippen LogP contribution in [0.4, 0.5) is 0 Å². The molecule has 1 amide bonds. The van der Waals surface area contributed by atoms with Crippen LogP contribution in [0, 0.1) is 18.8 Å². The van der Waals surface area contributed by atoms with Crippen molar-refractivity contribution in [3.63, 3.8) is 0 Å². The quantitative estimate of drug-likeness (QED) is 0.820. The molecule has 0 aliphatic carbocycles. The van der Waals surface area contributed by atoms with E-state index in [-0.39, 0.29) is 18.6 Å². The van der Waals surface area contributed by atoms with Crippen LogP contribution in [0.25, 0.3) is 0 Å². The van der Waals surface area contributed by atoms with Gasteiger partial charge in [0.2, 0.25) is 0 Å². The number of aryl methyl sites for hydroxylation is 1. The summed E-state index contributed by atoms with van der Waals surface area (Å²) in [5, 5.41) is 11.8. The van der Waals surface area contributed by atoms with E-state index in [4.69, 9.17) is 5.11 Å². The second-order valence-electron chi connectivity index (χ2n) is 5.58. The highest BCUT2D eigenvalue weighted by molar-refractivity contribution is 5.95. The summed E-state index contributed by atoms with van der Waals surface area (Å²) in [6.07, 6.45) is 1.45. The second kappa shape index (κ2) is 7.26. The molecule has 0 spiro atoms. The van der Waals surface area contributed by atoms with E-state index in [1.54, 1.807) is 0 Å². The fourth-order valence-corrected chi connectivity index (χ4v) is 2.53. The van der Waals surface area contributed by atoms with Gasteiger partial charge in [-0.15, -0.1) is 0 Å². The molecule has 1 heterocycles. The van der Waals surface area contributed by atoms with E-state index in [0.29, 0.717) is 12.0 Å². The van der Waals surface area contributed by atoms with Crippen molar-refractivity contribution in [2.45, 2.75) is 25.8 Å². The monoisotopic (exact) mass is 286 g/mol. The van der Waals surface area contributed by atoms with E-state index >= 15 is 0 Å². The number of carbonyl (C=O) groups is 1. The van der Waals surface area contributed by atoms with Crippen LogP contribution >= 0.6 is 0 Å². The first-order valence-electron chi connectivity index (χ1n) is 7.29. The smallest absolute Gasteiger partial charge is 0.251 e. The number of aliphatic hydroxyl groups is 1. The highest BCUT2D eigenvalue weighted by Crippen LogP contribution is 2.11. The van der Waals surface area contributed by atoms with Crippen LogP contribution in [0.3, 0.4) is 0 Å². The molecule has 1 unspecified atom stereocenters. The first-order valence-corrected chi connectivity index (χ1v) is 7.29. The minimum Gasteiger partial charge on any atom is -0.395 e. The number of nitrogens with one attached hydrogen (secondary N) is 1. The summed E-state index contributed by atoms with van der Waals surface area (Å²) in [4.78, 5) is 14.5. The summed E-state index contributed by atoms with van der Waals surface area (Å²) >= 11 is 0. The van der Waals surface area contributed by atoms with Gasteiger partial charge in [-0.25, -0.2) is 0 Å². The first-order chi connectivity index (χ1) is 10.1. The second-order valence-corrected chi connectivity index (χ2v) is 5.58. The molecule has 0 radical (unpaired) electrons. The standard InChI is InChI=1S/C17H22N2O2/c1-13-9-14(5-3-4-8-20)11-15(10-13)17(21)18-16-6-7-19(2)12-16/h9-11,16,20H,4,6-8,12H2,1-2H3,(H,18,21). The van der Waals surface area contributed by atoms with Gasteiger partial charge in [-0.3, -0.25) is 4.79 Å². The number of carbonyl (C=O) groups excluding carboxylic acids is 1. The number of nitrogens with zero attached hydrogens (tertiary/aromatic N) is 1. The normalized spacial score (nSPS) is 18.1. The largest absolute Gasteiger partial charge is 0.395 e. The van der Waals surface area contributed by atoms with Crippen LogP contribution in [0.2, 0.25) is 0 Å². The van der Waals surface area contributed by atoms with Crippen LogP contribution in [0.5, 0.6) is 0 Å². The Labute approximate surface area is 126 Å². The van der Waals surface area contributed by atoms with E-state index in [1.165, 1.54) is 0 Å². The molecule has 0 saturated carbocycles. The van der Waals surface area contributed by atoms with Gasteiger partial charge in [-0.2, -0.15) is 0 Å². The molecule has 0 bridgehead atoms. The summed E-state index contributed by atoms with van der Waals surface area (Å²) in [6, 6.07) is 5.87. The van der Waals surface area contributed by atoms with Gasteiger partial charge in [0.1, 0.15) is 0 Å². The molecular formula is C17H22N2O2. The van der Waals surface area contributed by atoms with E-state index < -0.39 is 0 Å². The Bertz CT molecular complexity index is 572. The molecule has 1 aliphatic rings. The predicted octanol–water partition coefficient (Wildman–Crippen LogP) is 1.16. The number of aliphatic hydroxyl groups excluding tert-OH is 1. The maximum Gasteiger partial charge on any atom is 0.251 e. The van der Waals surface area contributed by atoms with E-state index in [0.717, 1.165) is 30.6 Å². The molecule has 1 aliphatic heterocycles. The SMILES string of the molecule is Cc1cc(C#CCCO)cc(C(=O)NC2CCN(C)C2)c1. The summed E-state index contributed by atoms with van der Waals surface area (Å²) in [6.45, 7) is 3.94. The molecule has 1 saturated heterocycles. The molecule has 1 fully saturated rings. The molecule has 2 rings (SSSR count). The molecule has 1 aromatic carbocycles. The molecule has 1 aromatic rings. The number of hydrogen-bond acceptors (Lipinski definition) is 3. The van der Waals surface area contributed by atoms with Crippen molar-refractivity contribution in [3.8, 4) is 11.8 Å².